The molecule has 0 radical (unpaired) electrons. The van der Waals surface area contributed by atoms with Gasteiger partial charge in [0.05, 0.1) is 5.56 Å². The maximum absolute atomic E-state index is 12.1. The lowest BCUT2D eigenvalue weighted by atomic mass is 10.1. The van der Waals surface area contributed by atoms with Gasteiger partial charge in [0.15, 0.2) is 0 Å². The molecule has 0 aliphatic heterocycles. The Morgan fingerprint density at radius 3 is 2.90 bits per heavy atom. The molecule has 1 aromatic rings. The Bertz CT molecular complexity index is 517. The molecule has 4 nitrogen and oxygen atoms in total. The molecule has 1 amide bonds. The predicted molar refractivity (Wildman–Crippen MR) is 79.9 cm³/mol. The molecular formula is C15H19NO3S. The lowest BCUT2D eigenvalue weighted by molar-refractivity contribution is -0.131. The van der Waals surface area contributed by atoms with Crippen LogP contribution in [0, 0.1) is 5.92 Å². The number of carbonyl (C=O) groups excluding carboxylic acids is 1. The van der Waals surface area contributed by atoms with Crippen molar-refractivity contribution < 1.29 is 14.7 Å². The molecule has 1 saturated carbocycles. The maximum Gasteiger partial charge on any atom is 0.328 e. The van der Waals surface area contributed by atoms with E-state index in [1.165, 1.54) is 30.3 Å². The maximum atomic E-state index is 12.1. The first kappa shape index (κ1) is 14.8. The highest BCUT2D eigenvalue weighted by atomic mass is 32.1. The van der Waals surface area contributed by atoms with E-state index in [1.54, 1.807) is 11.4 Å². The number of hydrogen-bond acceptors (Lipinski definition) is 3. The van der Waals surface area contributed by atoms with Gasteiger partial charge in [0.1, 0.15) is 0 Å². The van der Waals surface area contributed by atoms with Crippen LogP contribution in [0.3, 0.4) is 0 Å². The van der Waals surface area contributed by atoms with E-state index in [2.05, 4.69) is 12.2 Å². The Morgan fingerprint density at radius 1 is 1.55 bits per heavy atom. The first-order valence-electron chi connectivity index (χ1n) is 6.89. The Balaban J connectivity index is 1.92. The zero-order valence-corrected chi connectivity index (χ0v) is 12.3. The van der Waals surface area contributed by atoms with Gasteiger partial charge in [-0.3, -0.25) is 4.79 Å². The molecule has 1 fully saturated rings. The monoisotopic (exact) mass is 293 g/mol. The van der Waals surface area contributed by atoms with Crippen molar-refractivity contribution >= 4 is 29.3 Å². The number of carboxylic acids is 1. The molecule has 1 aliphatic rings. The Morgan fingerprint density at radius 2 is 2.30 bits per heavy atom. The van der Waals surface area contributed by atoms with Crippen LogP contribution in [0.15, 0.2) is 17.5 Å². The van der Waals surface area contributed by atoms with Crippen LogP contribution in [0.2, 0.25) is 0 Å². The van der Waals surface area contributed by atoms with Gasteiger partial charge in [-0.05, 0) is 30.9 Å². The first-order valence-corrected chi connectivity index (χ1v) is 7.77. The topological polar surface area (TPSA) is 66.4 Å². The molecule has 1 unspecified atom stereocenters. The number of amides is 1. The number of thiophene rings is 1. The fourth-order valence-corrected chi connectivity index (χ4v) is 2.84. The fraction of sp³-hybridized carbons (Fsp3) is 0.467. The average Bonchev–Trinajstić information content (AvgIpc) is 3.10. The van der Waals surface area contributed by atoms with Gasteiger partial charge in [0, 0.05) is 22.4 Å². The van der Waals surface area contributed by atoms with Crippen LogP contribution in [0.5, 0.6) is 0 Å². The van der Waals surface area contributed by atoms with Crippen molar-refractivity contribution in [2.75, 3.05) is 0 Å². The van der Waals surface area contributed by atoms with Crippen LogP contribution in [0.1, 0.15) is 47.8 Å². The van der Waals surface area contributed by atoms with Crippen molar-refractivity contribution in [2.24, 2.45) is 5.92 Å². The molecule has 2 N–H and O–H groups in total. The predicted octanol–water partition coefficient (Wildman–Crippen LogP) is 3.15. The zero-order valence-electron chi connectivity index (χ0n) is 11.5. The zero-order chi connectivity index (χ0) is 14.5. The van der Waals surface area contributed by atoms with Crippen LogP contribution >= 0.6 is 11.3 Å². The molecule has 1 aliphatic carbocycles. The summed E-state index contributed by atoms with van der Waals surface area (Å²) in [6.45, 7) is 2.09. The highest BCUT2D eigenvalue weighted by Crippen LogP contribution is 2.34. The normalized spacial score (nSPS) is 16.2. The van der Waals surface area contributed by atoms with Crippen molar-refractivity contribution in [3.8, 4) is 0 Å². The van der Waals surface area contributed by atoms with Crippen molar-refractivity contribution in [2.45, 2.75) is 38.6 Å². The van der Waals surface area contributed by atoms with E-state index in [4.69, 9.17) is 5.11 Å². The van der Waals surface area contributed by atoms with E-state index in [9.17, 15) is 9.59 Å². The summed E-state index contributed by atoms with van der Waals surface area (Å²) in [5.74, 6) is -0.264. The largest absolute Gasteiger partial charge is 0.478 e. The molecule has 5 heteroatoms. The molecule has 20 heavy (non-hydrogen) atoms. The molecular weight excluding hydrogens is 274 g/mol. The van der Waals surface area contributed by atoms with Gasteiger partial charge < -0.3 is 10.4 Å². The van der Waals surface area contributed by atoms with Gasteiger partial charge in [-0.15, -0.1) is 11.3 Å². The summed E-state index contributed by atoms with van der Waals surface area (Å²) in [7, 11) is 0. The van der Waals surface area contributed by atoms with Gasteiger partial charge in [-0.25, -0.2) is 4.79 Å². The van der Waals surface area contributed by atoms with E-state index < -0.39 is 5.97 Å². The smallest absolute Gasteiger partial charge is 0.328 e. The Kier molecular flexibility index (Phi) is 4.95. The minimum Gasteiger partial charge on any atom is -0.478 e. The summed E-state index contributed by atoms with van der Waals surface area (Å²) < 4.78 is 0. The summed E-state index contributed by atoms with van der Waals surface area (Å²) in [5, 5.41) is 13.4. The fourth-order valence-electron chi connectivity index (χ4n) is 2.07. The summed E-state index contributed by atoms with van der Waals surface area (Å²) in [4.78, 5) is 23.3. The highest BCUT2D eigenvalue weighted by molar-refractivity contribution is 7.11. The molecule has 2 rings (SSSR count). The van der Waals surface area contributed by atoms with Crippen LogP contribution in [0.4, 0.5) is 0 Å². The molecule has 108 valence electrons. The van der Waals surface area contributed by atoms with Crippen molar-refractivity contribution in [1.29, 1.82) is 0 Å². The van der Waals surface area contributed by atoms with Crippen molar-refractivity contribution in [1.82, 2.24) is 5.32 Å². The highest BCUT2D eigenvalue weighted by Gasteiger charge is 2.25. The number of hydrogen-bond donors (Lipinski definition) is 2. The average molecular weight is 293 g/mol. The SMILES string of the molecule is CCC(CC1CC1)NC(=O)c1csc(C=CC(=O)O)c1. The Labute approximate surface area is 122 Å². The molecule has 1 heterocycles. The van der Waals surface area contributed by atoms with Crippen LogP contribution in [-0.4, -0.2) is 23.0 Å². The van der Waals surface area contributed by atoms with Crippen LogP contribution < -0.4 is 5.32 Å². The van der Waals surface area contributed by atoms with E-state index in [0.717, 1.165) is 29.7 Å². The van der Waals surface area contributed by atoms with E-state index >= 15 is 0 Å². The quantitative estimate of drug-likeness (QED) is 0.759. The van der Waals surface area contributed by atoms with Crippen LogP contribution in [0.25, 0.3) is 6.08 Å². The molecule has 0 spiro atoms. The summed E-state index contributed by atoms with van der Waals surface area (Å²) >= 11 is 1.37. The number of carbonyl (C=O) groups is 2. The molecule has 1 aromatic heterocycles. The minimum atomic E-state index is -0.986. The minimum absolute atomic E-state index is 0.0660. The molecule has 1 atom stereocenters. The molecule has 0 aromatic carbocycles. The number of nitrogens with one attached hydrogen (secondary N) is 1. The lowest BCUT2D eigenvalue weighted by Gasteiger charge is -2.15. The standard InChI is InChI=1S/C15H19NO3S/c1-2-12(7-10-3-4-10)16-15(19)11-8-13(20-9-11)5-6-14(17)18/h5-6,8-10,12H,2-4,7H2,1H3,(H,16,19)(H,17,18). The third-order valence-corrected chi connectivity index (χ3v) is 4.31. The van der Waals surface area contributed by atoms with Gasteiger partial charge >= 0.3 is 5.97 Å². The number of rotatable bonds is 7. The summed E-state index contributed by atoms with van der Waals surface area (Å²) in [6.07, 6.45) is 7.17. The third-order valence-electron chi connectivity index (χ3n) is 3.41. The number of carboxylic acid groups (broad SMARTS) is 1. The first-order chi connectivity index (χ1) is 9.58. The third kappa shape index (κ3) is 4.49. The second-order valence-corrected chi connectivity index (χ2v) is 6.11. The second-order valence-electron chi connectivity index (χ2n) is 5.17. The van der Waals surface area contributed by atoms with Crippen molar-refractivity contribution in [3.05, 3.63) is 28.0 Å². The lowest BCUT2D eigenvalue weighted by Crippen LogP contribution is -2.34. The number of aliphatic carboxylic acids is 1. The van der Waals surface area contributed by atoms with E-state index in [1.807, 2.05) is 0 Å². The van der Waals surface area contributed by atoms with Gasteiger partial charge in [0.2, 0.25) is 0 Å². The summed E-state index contributed by atoms with van der Waals surface area (Å²) in [5.41, 5.74) is 0.606. The summed E-state index contributed by atoms with van der Waals surface area (Å²) in [6, 6.07) is 1.97. The molecule has 0 bridgehead atoms. The van der Waals surface area contributed by atoms with Crippen LogP contribution in [-0.2, 0) is 4.79 Å². The van der Waals surface area contributed by atoms with Crippen molar-refractivity contribution in [3.63, 3.8) is 0 Å². The second kappa shape index (κ2) is 6.70. The van der Waals surface area contributed by atoms with Gasteiger partial charge in [0.25, 0.3) is 5.91 Å². The van der Waals surface area contributed by atoms with E-state index in [-0.39, 0.29) is 11.9 Å². The van der Waals surface area contributed by atoms with E-state index in [0.29, 0.717) is 5.56 Å². The Hall–Kier alpha value is -1.62. The van der Waals surface area contributed by atoms with Gasteiger partial charge in [-0.1, -0.05) is 19.8 Å². The molecule has 0 saturated heterocycles. The van der Waals surface area contributed by atoms with Gasteiger partial charge in [-0.2, -0.15) is 0 Å².